The topological polar surface area (TPSA) is 54.0 Å². The molecule has 2 heterocycles. The molecule has 0 saturated carbocycles. The highest BCUT2D eigenvalue weighted by Crippen LogP contribution is 2.25. The van der Waals surface area contributed by atoms with Gasteiger partial charge in [0, 0.05) is 17.5 Å². The molecule has 1 aliphatic rings. The van der Waals surface area contributed by atoms with Crippen molar-refractivity contribution in [3.63, 3.8) is 0 Å². The summed E-state index contributed by atoms with van der Waals surface area (Å²) in [6, 6.07) is 10.1. The molecule has 1 aromatic carbocycles. The molecule has 0 bridgehead atoms. The third-order valence-corrected chi connectivity index (χ3v) is 5.02. The van der Waals surface area contributed by atoms with Crippen molar-refractivity contribution in [1.29, 1.82) is 0 Å². The smallest absolute Gasteiger partial charge is 0.224 e. The molecule has 1 fully saturated rings. The molecule has 1 saturated heterocycles. The molecule has 1 aromatic heterocycles. The average Bonchev–Trinajstić information content (AvgIpc) is 3.06. The molecular formula is C17H21N3OS. The van der Waals surface area contributed by atoms with Gasteiger partial charge in [-0.05, 0) is 26.3 Å². The lowest BCUT2D eigenvalue weighted by Crippen LogP contribution is -2.41. The molecule has 3 rings (SSSR count). The number of carbonyl (C=O) groups excluding carboxylic acids is 1. The van der Waals surface area contributed by atoms with Gasteiger partial charge in [0.25, 0.3) is 0 Å². The number of nitrogens with one attached hydrogen (secondary N) is 2. The van der Waals surface area contributed by atoms with Crippen LogP contribution in [0.3, 0.4) is 0 Å². The van der Waals surface area contributed by atoms with Crippen LogP contribution in [0, 0.1) is 5.92 Å². The Hall–Kier alpha value is -1.72. The summed E-state index contributed by atoms with van der Waals surface area (Å²) in [5.41, 5.74) is 2.08. The lowest BCUT2D eigenvalue weighted by molar-refractivity contribution is -0.126. The van der Waals surface area contributed by atoms with Gasteiger partial charge in [-0.25, -0.2) is 4.98 Å². The first-order valence-electron chi connectivity index (χ1n) is 7.76. The second kappa shape index (κ2) is 7.03. The third-order valence-electron chi connectivity index (χ3n) is 3.99. The summed E-state index contributed by atoms with van der Waals surface area (Å²) in [6.45, 7) is 3.81. The van der Waals surface area contributed by atoms with E-state index in [0.717, 1.165) is 42.2 Å². The Kier molecular flexibility index (Phi) is 4.85. The number of hydrogen-bond donors (Lipinski definition) is 2. The number of rotatable bonds is 4. The van der Waals surface area contributed by atoms with E-state index in [4.69, 9.17) is 0 Å². The van der Waals surface area contributed by atoms with E-state index in [-0.39, 0.29) is 17.9 Å². The zero-order chi connectivity index (χ0) is 15.4. The highest BCUT2D eigenvalue weighted by molar-refractivity contribution is 7.10. The molecule has 1 amide bonds. The monoisotopic (exact) mass is 315 g/mol. The van der Waals surface area contributed by atoms with E-state index in [1.807, 2.05) is 25.1 Å². The summed E-state index contributed by atoms with van der Waals surface area (Å²) >= 11 is 1.60. The van der Waals surface area contributed by atoms with Gasteiger partial charge in [0.15, 0.2) is 0 Å². The average molecular weight is 315 g/mol. The fourth-order valence-corrected chi connectivity index (χ4v) is 3.53. The van der Waals surface area contributed by atoms with E-state index < -0.39 is 0 Å². The number of hydrogen-bond acceptors (Lipinski definition) is 4. The quantitative estimate of drug-likeness (QED) is 0.912. The van der Waals surface area contributed by atoms with Crippen LogP contribution >= 0.6 is 11.3 Å². The molecule has 2 atom stereocenters. The second-order valence-electron chi connectivity index (χ2n) is 5.71. The second-order valence-corrected chi connectivity index (χ2v) is 6.60. The number of benzene rings is 1. The van der Waals surface area contributed by atoms with Crippen LogP contribution < -0.4 is 10.6 Å². The summed E-state index contributed by atoms with van der Waals surface area (Å²) in [5, 5.41) is 9.39. The van der Waals surface area contributed by atoms with Crippen molar-refractivity contribution in [3.8, 4) is 11.3 Å². The molecule has 2 aromatic rings. The van der Waals surface area contributed by atoms with Gasteiger partial charge in [0.05, 0.1) is 17.7 Å². The van der Waals surface area contributed by atoms with Gasteiger partial charge in [0.2, 0.25) is 5.91 Å². The van der Waals surface area contributed by atoms with Crippen LogP contribution in [0.1, 0.15) is 30.8 Å². The first kappa shape index (κ1) is 15.2. The molecule has 2 unspecified atom stereocenters. The minimum Gasteiger partial charge on any atom is -0.347 e. The van der Waals surface area contributed by atoms with E-state index in [2.05, 4.69) is 33.1 Å². The van der Waals surface area contributed by atoms with Crippen molar-refractivity contribution < 1.29 is 4.79 Å². The van der Waals surface area contributed by atoms with Crippen molar-refractivity contribution in [2.75, 3.05) is 13.1 Å². The minimum absolute atomic E-state index is 0.0445. The van der Waals surface area contributed by atoms with Crippen LogP contribution in [0.25, 0.3) is 11.3 Å². The molecular weight excluding hydrogens is 294 g/mol. The molecule has 1 aliphatic heterocycles. The Morgan fingerprint density at radius 1 is 1.41 bits per heavy atom. The Bertz CT molecular complexity index is 620. The van der Waals surface area contributed by atoms with Gasteiger partial charge < -0.3 is 10.6 Å². The van der Waals surface area contributed by atoms with Gasteiger partial charge in [-0.3, -0.25) is 4.79 Å². The van der Waals surface area contributed by atoms with E-state index in [0.29, 0.717) is 0 Å². The van der Waals surface area contributed by atoms with E-state index in [1.54, 1.807) is 11.3 Å². The van der Waals surface area contributed by atoms with Crippen LogP contribution in [-0.2, 0) is 4.79 Å². The zero-order valence-corrected chi connectivity index (χ0v) is 13.5. The highest BCUT2D eigenvalue weighted by Gasteiger charge is 2.23. The van der Waals surface area contributed by atoms with Crippen molar-refractivity contribution in [1.82, 2.24) is 15.6 Å². The first-order valence-corrected chi connectivity index (χ1v) is 8.64. The number of amides is 1. The maximum Gasteiger partial charge on any atom is 0.224 e. The molecule has 0 radical (unpaired) electrons. The van der Waals surface area contributed by atoms with Crippen LogP contribution in [0.4, 0.5) is 0 Å². The Labute approximate surface area is 135 Å². The SMILES string of the molecule is CC(NC(=O)C1CCCNC1)c1nc(-c2ccccc2)cs1. The Morgan fingerprint density at radius 2 is 2.23 bits per heavy atom. The number of carbonyl (C=O) groups is 1. The van der Waals surface area contributed by atoms with Crippen molar-refractivity contribution in [3.05, 3.63) is 40.7 Å². The molecule has 116 valence electrons. The predicted octanol–water partition coefficient (Wildman–Crippen LogP) is 2.99. The highest BCUT2D eigenvalue weighted by atomic mass is 32.1. The van der Waals surface area contributed by atoms with Gasteiger partial charge >= 0.3 is 0 Å². The summed E-state index contributed by atoms with van der Waals surface area (Å²) in [6.07, 6.45) is 2.04. The molecule has 2 N–H and O–H groups in total. The van der Waals surface area contributed by atoms with Crippen molar-refractivity contribution in [2.45, 2.75) is 25.8 Å². The molecule has 0 aliphatic carbocycles. The first-order chi connectivity index (χ1) is 10.7. The standard InChI is InChI=1S/C17H21N3OS/c1-12(19-16(21)14-8-5-9-18-10-14)17-20-15(11-22-17)13-6-3-2-4-7-13/h2-4,6-7,11-12,14,18H,5,8-10H2,1H3,(H,19,21). The maximum atomic E-state index is 12.3. The van der Waals surface area contributed by atoms with Crippen LogP contribution in [0.2, 0.25) is 0 Å². The lowest BCUT2D eigenvalue weighted by atomic mass is 9.98. The lowest BCUT2D eigenvalue weighted by Gasteiger charge is -2.23. The Morgan fingerprint density at radius 3 is 2.95 bits per heavy atom. The van der Waals surface area contributed by atoms with Crippen LogP contribution in [-0.4, -0.2) is 24.0 Å². The van der Waals surface area contributed by atoms with Gasteiger partial charge in [-0.2, -0.15) is 0 Å². The van der Waals surface area contributed by atoms with Crippen LogP contribution in [0.15, 0.2) is 35.7 Å². The molecule has 22 heavy (non-hydrogen) atoms. The van der Waals surface area contributed by atoms with E-state index >= 15 is 0 Å². The fourth-order valence-electron chi connectivity index (χ4n) is 2.70. The summed E-state index contributed by atoms with van der Waals surface area (Å²) in [7, 11) is 0. The normalized spacial score (nSPS) is 19.6. The minimum atomic E-state index is -0.0445. The van der Waals surface area contributed by atoms with Gasteiger partial charge in [-0.15, -0.1) is 11.3 Å². The maximum absolute atomic E-state index is 12.3. The third kappa shape index (κ3) is 3.54. The zero-order valence-electron chi connectivity index (χ0n) is 12.7. The number of piperidine rings is 1. The predicted molar refractivity (Wildman–Crippen MR) is 89.7 cm³/mol. The van der Waals surface area contributed by atoms with Gasteiger partial charge in [0.1, 0.15) is 5.01 Å². The summed E-state index contributed by atoms with van der Waals surface area (Å²) in [5.74, 6) is 0.223. The molecule has 4 nitrogen and oxygen atoms in total. The summed E-state index contributed by atoms with van der Waals surface area (Å²) < 4.78 is 0. The number of aromatic nitrogens is 1. The Balaban J connectivity index is 1.64. The fraction of sp³-hybridized carbons (Fsp3) is 0.412. The number of thiazole rings is 1. The van der Waals surface area contributed by atoms with Crippen molar-refractivity contribution >= 4 is 17.2 Å². The van der Waals surface area contributed by atoms with Gasteiger partial charge in [-0.1, -0.05) is 30.3 Å². The van der Waals surface area contributed by atoms with Crippen LogP contribution in [0.5, 0.6) is 0 Å². The van der Waals surface area contributed by atoms with E-state index in [9.17, 15) is 4.79 Å². The largest absolute Gasteiger partial charge is 0.347 e. The molecule has 5 heteroatoms. The number of nitrogens with zero attached hydrogens (tertiary/aromatic N) is 1. The van der Waals surface area contributed by atoms with E-state index in [1.165, 1.54) is 0 Å². The summed E-state index contributed by atoms with van der Waals surface area (Å²) in [4.78, 5) is 17.0. The molecule has 0 spiro atoms. The van der Waals surface area contributed by atoms with Crippen molar-refractivity contribution in [2.24, 2.45) is 5.92 Å².